The lowest BCUT2D eigenvalue weighted by Crippen LogP contribution is -2.36. The Morgan fingerprint density at radius 2 is 1.86 bits per heavy atom. The number of aryl methyl sites for hydroxylation is 1. The standard InChI is InChI=1S/C23H23N5O/c1-17-3-2-4-18(15-17)16-21-25-23-22(24-9-10-28(23)26-21)19-5-7-20(8-6-19)27-11-13-29-14-12-27/h2-10,15H,11-14,16H2,1H3. The van der Waals surface area contributed by atoms with Crippen LogP contribution in [0.25, 0.3) is 16.9 Å². The van der Waals surface area contributed by atoms with Crippen LogP contribution >= 0.6 is 0 Å². The van der Waals surface area contributed by atoms with Gasteiger partial charge in [0.2, 0.25) is 0 Å². The van der Waals surface area contributed by atoms with Gasteiger partial charge in [-0.15, -0.1) is 0 Å². The monoisotopic (exact) mass is 385 g/mol. The molecule has 0 saturated carbocycles. The lowest BCUT2D eigenvalue weighted by Gasteiger charge is -2.28. The Bertz CT molecular complexity index is 1130. The van der Waals surface area contributed by atoms with Crippen LogP contribution in [0.4, 0.5) is 5.69 Å². The minimum atomic E-state index is 0.707. The van der Waals surface area contributed by atoms with Crippen LogP contribution in [-0.4, -0.2) is 45.9 Å². The maximum atomic E-state index is 5.44. The van der Waals surface area contributed by atoms with Crippen molar-refractivity contribution in [1.82, 2.24) is 19.6 Å². The molecular weight excluding hydrogens is 362 g/mol. The minimum absolute atomic E-state index is 0.707. The molecule has 5 rings (SSSR count). The molecule has 1 aliphatic heterocycles. The first-order valence-corrected chi connectivity index (χ1v) is 9.95. The summed E-state index contributed by atoms with van der Waals surface area (Å²) in [7, 11) is 0. The highest BCUT2D eigenvalue weighted by Gasteiger charge is 2.14. The second-order valence-corrected chi connectivity index (χ2v) is 7.38. The molecule has 1 aliphatic rings. The van der Waals surface area contributed by atoms with E-state index >= 15 is 0 Å². The number of benzene rings is 2. The van der Waals surface area contributed by atoms with Gasteiger partial charge in [-0.25, -0.2) is 9.50 Å². The lowest BCUT2D eigenvalue weighted by atomic mass is 10.1. The van der Waals surface area contributed by atoms with Crippen molar-refractivity contribution in [3.05, 3.63) is 77.9 Å². The third-order valence-corrected chi connectivity index (χ3v) is 5.26. The average Bonchev–Trinajstić information content (AvgIpc) is 3.17. The predicted molar refractivity (Wildman–Crippen MR) is 113 cm³/mol. The molecule has 0 atom stereocenters. The normalized spacial score (nSPS) is 14.4. The van der Waals surface area contributed by atoms with E-state index in [2.05, 4.69) is 70.4 Å². The molecule has 0 aliphatic carbocycles. The van der Waals surface area contributed by atoms with Crippen molar-refractivity contribution in [2.24, 2.45) is 0 Å². The quantitative estimate of drug-likeness (QED) is 0.538. The van der Waals surface area contributed by atoms with Crippen LogP contribution in [0.3, 0.4) is 0 Å². The molecule has 0 N–H and O–H groups in total. The molecule has 4 aromatic rings. The zero-order valence-corrected chi connectivity index (χ0v) is 16.5. The van der Waals surface area contributed by atoms with Gasteiger partial charge in [-0.05, 0) is 24.6 Å². The van der Waals surface area contributed by atoms with Gasteiger partial charge in [0.1, 0.15) is 5.69 Å². The Morgan fingerprint density at radius 1 is 1.03 bits per heavy atom. The highest BCUT2D eigenvalue weighted by Crippen LogP contribution is 2.25. The van der Waals surface area contributed by atoms with E-state index in [1.807, 2.05) is 10.7 Å². The molecule has 0 radical (unpaired) electrons. The average molecular weight is 385 g/mol. The van der Waals surface area contributed by atoms with Crippen LogP contribution in [0.1, 0.15) is 17.0 Å². The smallest absolute Gasteiger partial charge is 0.181 e. The van der Waals surface area contributed by atoms with E-state index in [0.29, 0.717) is 6.42 Å². The van der Waals surface area contributed by atoms with Crippen LogP contribution in [-0.2, 0) is 11.2 Å². The summed E-state index contributed by atoms with van der Waals surface area (Å²) in [6.07, 6.45) is 4.34. The van der Waals surface area contributed by atoms with Gasteiger partial charge in [-0.3, -0.25) is 4.98 Å². The van der Waals surface area contributed by atoms with E-state index in [1.54, 1.807) is 6.20 Å². The summed E-state index contributed by atoms with van der Waals surface area (Å²) in [5, 5.41) is 4.66. The lowest BCUT2D eigenvalue weighted by molar-refractivity contribution is 0.122. The first-order chi connectivity index (χ1) is 14.3. The third kappa shape index (κ3) is 3.71. The molecule has 0 unspecified atom stereocenters. The number of anilines is 1. The molecule has 1 fully saturated rings. The Hall–Kier alpha value is -3.25. The fourth-order valence-corrected chi connectivity index (χ4v) is 3.80. The van der Waals surface area contributed by atoms with E-state index < -0.39 is 0 Å². The second kappa shape index (κ2) is 7.64. The highest BCUT2D eigenvalue weighted by molar-refractivity contribution is 5.74. The van der Waals surface area contributed by atoms with Crippen molar-refractivity contribution < 1.29 is 4.74 Å². The maximum Gasteiger partial charge on any atom is 0.181 e. The summed E-state index contributed by atoms with van der Waals surface area (Å²) < 4.78 is 7.27. The van der Waals surface area contributed by atoms with Gasteiger partial charge in [0.05, 0.1) is 13.2 Å². The summed E-state index contributed by atoms with van der Waals surface area (Å²) >= 11 is 0. The number of fused-ring (bicyclic) bond motifs is 1. The highest BCUT2D eigenvalue weighted by atomic mass is 16.5. The molecule has 2 aromatic heterocycles. The molecule has 6 heteroatoms. The molecule has 146 valence electrons. The fraction of sp³-hybridized carbons (Fsp3) is 0.261. The Morgan fingerprint density at radius 3 is 2.66 bits per heavy atom. The first-order valence-electron chi connectivity index (χ1n) is 9.95. The summed E-state index contributed by atoms with van der Waals surface area (Å²) in [6, 6.07) is 17.0. The largest absolute Gasteiger partial charge is 0.378 e. The fourth-order valence-electron chi connectivity index (χ4n) is 3.80. The minimum Gasteiger partial charge on any atom is -0.378 e. The van der Waals surface area contributed by atoms with E-state index in [-0.39, 0.29) is 0 Å². The number of morpholine rings is 1. The zero-order chi connectivity index (χ0) is 19.6. The van der Waals surface area contributed by atoms with Crippen molar-refractivity contribution in [1.29, 1.82) is 0 Å². The molecule has 1 saturated heterocycles. The predicted octanol–water partition coefficient (Wildman–Crippen LogP) is 3.53. The Labute approximate surface area is 169 Å². The summed E-state index contributed by atoms with van der Waals surface area (Å²) in [5.74, 6) is 0.801. The van der Waals surface area contributed by atoms with Gasteiger partial charge in [-0.1, -0.05) is 42.0 Å². The molecule has 0 spiro atoms. The van der Waals surface area contributed by atoms with Crippen LogP contribution in [0.5, 0.6) is 0 Å². The molecule has 3 heterocycles. The molecule has 2 aromatic carbocycles. The first kappa shape index (κ1) is 17.8. The number of ether oxygens (including phenoxy) is 1. The summed E-state index contributed by atoms with van der Waals surface area (Å²) in [4.78, 5) is 11.7. The molecule has 29 heavy (non-hydrogen) atoms. The van der Waals surface area contributed by atoms with E-state index in [9.17, 15) is 0 Å². The number of hydrogen-bond donors (Lipinski definition) is 0. The van der Waals surface area contributed by atoms with Crippen LogP contribution in [0.15, 0.2) is 60.9 Å². The van der Waals surface area contributed by atoms with Crippen molar-refractivity contribution in [3.8, 4) is 11.3 Å². The topological polar surface area (TPSA) is 55.5 Å². The van der Waals surface area contributed by atoms with Crippen LogP contribution < -0.4 is 4.90 Å². The maximum absolute atomic E-state index is 5.44. The van der Waals surface area contributed by atoms with E-state index in [4.69, 9.17) is 9.72 Å². The SMILES string of the molecule is Cc1cccc(Cc2nc3c(-c4ccc(N5CCOCC5)cc4)nccn3n2)c1. The van der Waals surface area contributed by atoms with Gasteiger partial charge in [-0.2, -0.15) is 5.10 Å². The Balaban J connectivity index is 1.44. The van der Waals surface area contributed by atoms with Gasteiger partial charge < -0.3 is 9.64 Å². The van der Waals surface area contributed by atoms with Gasteiger partial charge in [0.25, 0.3) is 0 Å². The molecule has 6 nitrogen and oxygen atoms in total. The number of hydrogen-bond acceptors (Lipinski definition) is 5. The number of aromatic nitrogens is 4. The molecular formula is C23H23N5O. The van der Waals surface area contributed by atoms with Crippen molar-refractivity contribution in [3.63, 3.8) is 0 Å². The van der Waals surface area contributed by atoms with E-state index in [0.717, 1.165) is 49.0 Å². The summed E-state index contributed by atoms with van der Waals surface area (Å²) in [5.41, 5.74) is 6.35. The number of rotatable bonds is 4. The van der Waals surface area contributed by atoms with Gasteiger partial charge in [0, 0.05) is 43.2 Å². The Kier molecular flexibility index (Phi) is 4.69. The van der Waals surface area contributed by atoms with E-state index in [1.165, 1.54) is 16.8 Å². The van der Waals surface area contributed by atoms with Crippen molar-refractivity contribution in [2.45, 2.75) is 13.3 Å². The zero-order valence-electron chi connectivity index (χ0n) is 16.5. The summed E-state index contributed by atoms with van der Waals surface area (Å²) in [6.45, 7) is 5.53. The van der Waals surface area contributed by atoms with Crippen molar-refractivity contribution >= 4 is 11.3 Å². The molecule has 0 bridgehead atoms. The van der Waals surface area contributed by atoms with Gasteiger partial charge >= 0.3 is 0 Å². The number of nitrogens with zero attached hydrogens (tertiary/aromatic N) is 5. The van der Waals surface area contributed by atoms with Gasteiger partial charge in [0.15, 0.2) is 11.5 Å². The van der Waals surface area contributed by atoms with Crippen LogP contribution in [0.2, 0.25) is 0 Å². The van der Waals surface area contributed by atoms with Crippen LogP contribution in [0, 0.1) is 6.92 Å². The second-order valence-electron chi connectivity index (χ2n) is 7.38. The molecule has 0 amide bonds. The third-order valence-electron chi connectivity index (χ3n) is 5.26. The van der Waals surface area contributed by atoms with Crippen molar-refractivity contribution in [2.75, 3.05) is 31.2 Å².